The first-order valence-electron chi connectivity index (χ1n) is 8.56. The van der Waals surface area contributed by atoms with Crippen LogP contribution in [0.1, 0.15) is 12.8 Å². The van der Waals surface area contributed by atoms with Gasteiger partial charge in [-0.3, -0.25) is 9.69 Å². The van der Waals surface area contributed by atoms with Crippen LogP contribution < -0.4 is 5.32 Å². The molecule has 1 saturated heterocycles. The summed E-state index contributed by atoms with van der Waals surface area (Å²) in [5, 5.41) is 3.91. The fourth-order valence-corrected chi connectivity index (χ4v) is 3.52. The predicted molar refractivity (Wildman–Crippen MR) is 106 cm³/mol. The lowest BCUT2D eigenvalue weighted by molar-refractivity contribution is -0.117. The quantitative estimate of drug-likeness (QED) is 0.687. The van der Waals surface area contributed by atoms with E-state index in [0.717, 1.165) is 41.2 Å². The number of carbonyl (C=O) groups is 1. The third-order valence-electron chi connectivity index (χ3n) is 4.53. The van der Waals surface area contributed by atoms with Crippen molar-refractivity contribution < 1.29 is 4.79 Å². The fourth-order valence-electron chi connectivity index (χ4n) is 3.20. The molecule has 4 rings (SSSR count). The normalized spacial score (nSPS) is 14.8. The Morgan fingerprint density at radius 3 is 2.54 bits per heavy atom. The molecule has 0 spiro atoms. The maximum absolute atomic E-state index is 12.1. The number of aromatic amines is 1. The molecule has 5 nitrogen and oxygen atoms in total. The molecule has 0 aliphatic carbocycles. The number of nitrogens with one attached hydrogen (secondary N) is 2. The Morgan fingerprint density at radius 1 is 1.12 bits per heavy atom. The number of rotatable bonds is 4. The van der Waals surface area contributed by atoms with Gasteiger partial charge in [-0.1, -0.05) is 23.2 Å². The monoisotopic (exact) mass is 388 g/mol. The summed E-state index contributed by atoms with van der Waals surface area (Å²) in [7, 11) is 0. The molecular weight excluding hydrogens is 371 g/mol. The largest absolute Gasteiger partial charge is 0.338 e. The smallest absolute Gasteiger partial charge is 0.238 e. The summed E-state index contributed by atoms with van der Waals surface area (Å²) in [4.78, 5) is 22.1. The molecule has 0 saturated carbocycles. The van der Waals surface area contributed by atoms with Crippen molar-refractivity contribution in [3.63, 3.8) is 0 Å². The van der Waals surface area contributed by atoms with Crippen LogP contribution in [-0.4, -0.2) is 40.4 Å². The molecule has 2 heterocycles. The Bertz CT molecular complexity index is 907. The van der Waals surface area contributed by atoms with Crippen LogP contribution >= 0.6 is 23.2 Å². The van der Waals surface area contributed by atoms with E-state index in [9.17, 15) is 4.79 Å². The van der Waals surface area contributed by atoms with Crippen molar-refractivity contribution in [3.8, 4) is 11.4 Å². The van der Waals surface area contributed by atoms with E-state index in [2.05, 4.69) is 20.2 Å². The highest BCUT2D eigenvalue weighted by atomic mass is 35.5. The fraction of sp³-hybridized carbons (Fsp3) is 0.263. The summed E-state index contributed by atoms with van der Waals surface area (Å²) in [6, 6.07) is 11.1. The Balaban J connectivity index is 1.47. The number of amides is 1. The summed E-state index contributed by atoms with van der Waals surface area (Å²) in [6.45, 7) is 2.46. The zero-order valence-electron chi connectivity index (χ0n) is 14.1. The van der Waals surface area contributed by atoms with E-state index >= 15 is 0 Å². The van der Waals surface area contributed by atoms with Crippen LogP contribution in [0.15, 0.2) is 36.4 Å². The third kappa shape index (κ3) is 3.70. The molecule has 1 amide bonds. The van der Waals surface area contributed by atoms with Crippen LogP contribution in [0.3, 0.4) is 0 Å². The molecule has 1 aliphatic heterocycles. The van der Waals surface area contributed by atoms with Gasteiger partial charge in [0.15, 0.2) is 0 Å². The van der Waals surface area contributed by atoms with E-state index in [-0.39, 0.29) is 5.91 Å². The molecule has 1 fully saturated rings. The molecule has 0 unspecified atom stereocenters. The van der Waals surface area contributed by atoms with Gasteiger partial charge in [0, 0.05) is 11.3 Å². The van der Waals surface area contributed by atoms with Crippen molar-refractivity contribution in [2.24, 2.45) is 0 Å². The van der Waals surface area contributed by atoms with Crippen molar-refractivity contribution >= 4 is 45.8 Å². The van der Waals surface area contributed by atoms with Gasteiger partial charge < -0.3 is 10.3 Å². The molecule has 3 aromatic rings. The molecule has 1 aromatic heterocycles. The Kier molecular flexibility index (Phi) is 4.85. The second kappa shape index (κ2) is 7.27. The van der Waals surface area contributed by atoms with Gasteiger partial charge in [0.25, 0.3) is 0 Å². The first-order chi connectivity index (χ1) is 12.6. The highest BCUT2D eigenvalue weighted by molar-refractivity contribution is 6.42. The lowest BCUT2D eigenvalue weighted by atomic mass is 10.2. The van der Waals surface area contributed by atoms with Crippen molar-refractivity contribution in [1.29, 1.82) is 0 Å². The predicted octanol–water partition coefficient (Wildman–Crippen LogP) is 4.57. The van der Waals surface area contributed by atoms with Crippen LogP contribution in [0.25, 0.3) is 22.4 Å². The van der Waals surface area contributed by atoms with E-state index in [1.807, 2.05) is 24.3 Å². The van der Waals surface area contributed by atoms with Crippen molar-refractivity contribution in [1.82, 2.24) is 14.9 Å². The van der Waals surface area contributed by atoms with Crippen LogP contribution in [0.2, 0.25) is 10.0 Å². The van der Waals surface area contributed by atoms with Gasteiger partial charge in [0.1, 0.15) is 5.82 Å². The van der Waals surface area contributed by atoms with Gasteiger partial charge in [-0.15, -0.1) is 0 Å². The molecule has 0 bridgehead atoms. The summed E-state index contributed by atoms with van der Waals surface area (Å²) < 4.78 is 0. The molecule has 7 heteroatoms. The minimum atomic E-state index is 0.0210. The number of hydrogen-bond donors (Lipinski definition) is 2. The molecular formula is C19H18Cl2N4O. The van der Waals surface area contributed by atoms with Gasteiger partial charge in [-0.2, -0.15) is 0 Å². The van der Waals surface area contributed by atoms with Gasteiger partial charge in [0.05, 0.1) is 27.6 Å². The zero-order valence-corrected chi connectivity index (χ0v) is 15.6. The van der Waals surface area contributed by atoms with Crippen molar-refractivity contribution in [2.45, 2.75) is 12.8 Å². The lowest BCUT2D eigenvalue weighted by Gasteiger charge is -2.14. The Morgan fingerprint density at radius 2 is 1.81 bits per heavy atom. The summed E-state index contributed by atoms with van der Waals surface area (Å²) in [5.74, 6) is 0.751. The number of nitrogens with zero attached hydrogens (tertiary/aromatic N) is 2. The number of fused-ring (bicyclic) bond motifs is 1. The second-order valence-corrected chi connectivity index (χ2v) is 7.29. The SMILES string of the molecule is O=C(CN1CCCC1)Nc1ccc(-c2nc3cc(Cl)c(Cl)cc3[nH]2)cc1. The zero-order chi connectivity index (χ0) is 18.1. The minimum absolute atomic E-state index is 0.0210. The van der Waals surface area contributed by atoms with E-state index in [1.165, 1.54) is 12.8 Å². The van der Waals surface area contributed by atoms with E-state index < -0.39 is 0 Å². The number of aromatic nitrogens is 2. The standard InChI is InChI=1S/C19H18Cl2N4O/c20-14-9-16-17(10-15(14)21)24-19(23-16)12-3-5-13(6-4-12)22-18(26)11-25-7-1-2-8-25/h3-6,9-10H,1-2,7-8,11H2,(H,22,26)(H,23,24). The average molecular weight is 389 g/mol. The second-order valence-electron chi connectivity index (χ2n) is 6.48. The molecule has 0 radical (unpaired) electrons. The maximum Gasteiger partial charge on any atom is 0.238 e. The Labute approximate surface area is 161 Å². The van der Waals surface area contributed by atoms with Crippen molar-refractivity contribution in [2.75, 3.05) is 25.0 Å². The van der Waals surface area contributed by atoms with E-state index in [4.69, 9.17) is 23.2 Å². The number of halogens is 2. The number of hydrogen-bond acceptors (Lipinski definition) is 3. The molecule has 2 N–H and O–H groups in total. The van der Waals surface area contributed by atoms with Gasteiger partial charge in [-0.05, 0) is 62.3 Å². The minimum Gasteiger partial charge on any atom is -0.338 e. The van der Waals surface area contributed by atoms with Gasteiger partial charge in [-0.25, -0.2) is 4.98 Å². The number of anilines is 1. The van der Waals surface area contributed by atoms with Crippen LogP contribution in [-0.2, 0) is 4.79 Å². The van der Waals surface area contributed by atoms with Gasteiger partial charge in [0.2, 0.25) is 5.91 Å². The first-order valence-corrected chi connectivity index (χ1v) is 9.31. The third-order valence-corrected chi connectivity index (χ3v) is 5.25. The molecule has 134 valence electrons. The maximum atomic E-state index is 12.1. The van der Waals surface area contributed by atoms with E-state index in [1.54, 1.807) is 12.1 Å². The number of likely N-dealkylation sites (tertiary alicyclic amines) is 1. The topological polar surface area (TPSA) is 61.0 Å². The average Bonchev–Trinajstić information content (AvgIpc) is 3.25. The van der Waals surface area contributed by atoms with Crippen molar-refractivity contribution in [3.05, 3.63) is 46.4 Å². The summed E-state index contributed by atoms with van der Waals surface area (Å²) in [6.07, 6.45) is 2.35. The number of benzene rings is 2. The molecule has 26 heavy (non-hydrogen) atoms. The summed E-state index contributed by atoms with van der Waals surface area (Å²) >= 11 is 12.1. The Hall–Kier alpha value is -2.08. The molecule has 2 aromatic carbocycles. The van der Waals surface area contributed by atoms with Crippen LogP contribution in [0.4, 0.5) is 5.69 Å². The first kappa shape index (κ1) is 17.3. The van der Waals surface area contributed by atoms with Crippen LogP contribution in [0.5, 0.6) is 0 Å². The highest BCUT2D eigenvalue weighted by Crippen LogP contribution is 2.29. The van der Waals surface area contributed by atoms with Gasteiger partial charge >= 0.3 is 0 Å². The highest BCUT2D eigenvalue weighted by Gasteiger charge is 2.15. The van der Waals surface area contributed by atoms with Crippen LogP contribution in [0, 0.1) is 0 Å². The van der Waals surface area contributed by atoms with E-state index in [0.29, 0.717) is 16.6 Å². The summed E-state index contributed by atoms with van der Waals surface area (Å²) in [5.41, 5.74) is 3.29. The number of H-pyrrole nitrogens is 1. The lowest BCUT2D eigenvalue weighted by Crippen LogP contribution is -2.30. The molecule has 0 atom stereocenters. The number of imidazole rings is 1. The molecule has 1 aliphatic rings. The number of carbonyl (C=O) groups excluding carboxylic acids is 1.